The van der Waals surface area contributed by atoms with Gasteiger partial charge in [0.15, 0.2) is 5.58 Å². The summed E-state index contributed by atoms with van der Waals surface area (Å²) < 4.78 is 17.0. The molecule has 0 amide bonds. The van der Waals surface area contributed by atoms with Crippen LogP contribution in [0.1, 0.15) is 5.69 Å². The topological polar surface area (TPSA) is 83.6 Å². The van der Waals surface area contributed by atoms with Gasteiger partial charge in [0.2, 0.25) is 0 Å². The number of hydrogen-bond acceptors (Lipinski definition) is 7. The summed E-state index contributed by atoms with van der Waals surface area (Å²) in [5, 5.41) is 2.61. The summed E-state index contributed by atoms with van der Waals surface area (Å²) >= 11 is 1.44. The molecule has 0 radical (unpaired) electrons. The first-order valence-electron chi connectivity index (χ1n) is 8.47. The van der Waals surface area contributed by atoms with E-state index in [-0.39, 0.29) is 13.2 Å². The first-order valence-corrected chi connectivity index (χ1v) is 9.35. The van der Waals surface area contributed by atoms with Gasteiger partial charge in [-0.05, 0) is 24.3 Å². The van der Waals surface area contributed by atoms with E-state index in [4.69, 9.17) is 13.9 Å². The number of methoxy groups -OCH3 is 1. The summed E-state index contributed by atoms with van der Waals surface area (Å²) in [7, 11) is 1.61. The van der Waals surface area contributed by atoms with E-state index in [2.05, 4.69) is 4.98 Å². The number of thiazole rings is 1. The smallest absolute Gasteiger partial charge is 0.420 e. The average molecular weight is 396 g/mol. The maximum atomic E-state index is 12.2. The van der Waals surface area contributed by atoms with E-state index < -0.39 is 11.7 Å². The highest BCUT2D eigenvalue weighted by Gasteiger charge is 2.15. The summed E-state index contributed by atoms with van der Waals surface area (Å²) in [6.07, 6.45) is 0. The van der Waals surface area contributed by atoms with Gasteiger partial charge in [-0.2, -0.15) is 0 Å². The lowest BCUT2D eigenvalue weighted by atomic mass is 10.2. The zero-order valence-corrected chi connectivity index (χ0v) is 15.8. The first kappa shape index (κ1) is 18.0. The predicted molar refractivity (Wildman–Crippen MR) is 104 cm³/mol. The van der Waals surface area contributed by atoms with Crippen LogP contribution in [-0.4, -0.2) is 22.6 Å². The third-order valence-corrected chi connectivity index (χ3v) is 5.06. The Balaban J connectivity index is 1.44. The van der Waals surface area contributed by atoms with Crippen molar-refractivity contribution in [1.29, 1.82) is 0 Å². The molecule has 7 nitrogen and oxygen atoms in total. The Kier molecular flexibility index (Phi) is 4.94. The van der Waals surface area contributed by atoms with Crippen molar-refractivity contribution in [2.45, 2.75) is 13.2 Å². The van der Waals surface area contributed by atoms with Crippen LogP contribution >= 0.6 is 11.3 Å². The maximum absolute atomic E-state index is 12.2. The Hall–Kier alpha value is -3.39. The number of fused-ring (bicyclic) bond motifs is 1. The van der Waals surface area contributed by atoms with Crippen LogP contribution in [0.25, 0.3) is 21.7 Å². The lowest BCUT2D eigenvalue weighted by Crippen LogP contribution is -2.21. The summed E-state index contributed by atoms with van der Waals surface area (Å²) in [6, 6.07) is 14.5. The number of carbonyl (C=O) groups excluding carboxylic acids is 1. The van der Waals surface area contributed by atoms with Crippen molar-refractivity contribution in [2.24, 2.45) is 0 Å². The van der Waals surface area contributed by atoms with Gasteiger partial charge < -0.3 is 13.9 Å². The van der Waals surface area contributed by atoms with Crippen molar-refractivity contribution in [3.05, 3.63) is 70.2 Å². The Labute approximate surface area is 163 Å². The van der Waals surface area contributed by atoms with E-state index >= 15 is 0 Å². The number of ether oxygens (including phenoxy) is 2. The van der Waals surface area contributed by atoms with Gasteiger partial charge in [-0.15, -0.1) is 11.3 Å². The minimum absolute atomic E-state index is 0.0228. The second-order valence-corrected chi connectivity index (χ2v) is 6.78. The van der Waals surface area contributed by atoms with Gasteiger partial charge in [0.25, 0.3) is 0 Å². The van der Waals surface area contributed by atoms with Crippen LogP contribution in [0.15, 0.2) is 63.1 Å². The molecular weight excluding hydrogens is 380 g/mol. The van der Waals surface area contributed by atoms with Gasteiger partial charge in [-0.1, -0.05) is 24.3 Å². The number of nitrogens with zero attached hydrogens (tertiary/aromatic N) is 2. The summed E-state index contributed by atoms with van der Waals surface area (Å²) in [5.74, 6) is -0.405. The predicted octanol–water partition coefficient (Wildman–Crippen LogP) is 3.47. The number of hydrogen-bond donors (Lipinski definition) is 0. The molecule has 28 heavy (non-hydrogen) atoms. The molecule has 0 aliphatic heterocycles. The van der Waals surface area contributed by atoms with Gasteiger partial charge in [-0.25, -0.2) is 9.78 Å². The molecule has 0 atom stereocenters. The second kappa shape index (κ2) is 7.69. The van der Waals surface area contributed by atoms with Crippen LogP contribution in [0.5, 0.6) is 5.75 Å². The minimum Gasteiger partial charge on any atom is -0.496 e. The molecule has 8 heteroatoms. The molecule has 0 spiro atoms. The highest BCUT2D eigenvalue weighted by Crippen LogP contribution is 2.31. The lowest BCUT2D eigenvalue weighted by molar-refractivity contribution is -0.145. The molecule has 0 fully saturated rings. The minimum atomic E-state index is -0.592. The van der Waals surface area contributed by atoms with E-state index in [9.17, 15) is 9.59 Å². The molecule has 0 unspecified atom stereocenters. The third kappa shape index (κ3) is 3.54. The average Bonchev–Trinajstić information content (AvgIpc) is 3.31. The van der Waals surface area contributed by atoms with E-state index in [1.165, 1.54) is 15.9 Å². The highest BCUT2D eigenvalue weighted by atomic mass is 32.1. The van der Waals surface area contributed by atoms with Gasteiger partial charge in [0, 0.05) is 5.38 Å². The molecule has 0 bridgehead atoms. The molecule has 0 aliphatic rings. The summed E-state index contributed by atoms with van der Waals surface area (Å²) in [4.78, 5) is 28.6. The Morgan fingerprint density at radius 1 is 1.18 bits per heavy atom. The third-order valence-electron chi connectivity index (χ3n) is 4.13. The number of benzene rings is 2. The SMILES string of the molecule is COc1ccccc1-c1nc(COC(=O)Cn2c(=O)oc3ccccc32)cs1. The van der Waals surface area contributed by atoms with Gasteiger partial charge >= 0.3 is 11.7 Å². The Morgan fingerprint density at radius 2 is 1.96 bits per heavy atom. The van der Waals surface area contributed by atoms with Gasteiger partial charge in [0.05, 0.1) is 23.9 Å². The standard InChI is InChI=1S/C20H16N2O5S/c1-25-16-8-4-2-6-14(16)19-21-13(12-28-19)11-26-18(23)10-22-15-7-3-5-9-17(15)27-20(22)24/h2-9,12H,10-11H2,1H3. The zero-order chi connectivity index (χ0) is 19.5. The molecule has 2 aromatic carbocycles. The largest absolute Gasteiger partial charge is 0.496 e. The van der Waals surface area contributed by atoms with E-state index in [1.54, 1.807) is 31.4 Å². The molecule has 0 N–H and O–H groups in total. The molecular formula is C20H16N2O5S. The molecule has 2 aromatic heterocycles. The fraction of sp³-hybridized carbons (Fsp3) is 0.150. The van der Waals surface area contributed by atoms with Crippen LogP contribution in [0.3, 0.4) is 0 Å². The number of oxazole rings is 1. The molecule has 0 aliphatic carbocycles. The van der Waals surface area contributed by atoms with E-state index in [0.717, 1.165) is 16.3 Å². The molecule has 4 rings (SSSR count). The molecule has 0 saturated heterocycles. The zero-order valence-electron chi connectivity index (χ0n) is 15.0. The fourth-order valence-electron chi connectivity index (χ4n) is 2.81. The number of carbonyl (C=O) groups is 1. The van der Waals surface area contributed by atoms with Crippen LogP contribution in [0.4, 0.5) is 0 Å². The normalized spacial score (nSPS) is 10.9. The van der Waals surface area contributed by atoms with Crippen molar-refractivity contribution >= 4 is 28.4 Å². The fourth-order valence-corrected chi connectivity index (χ4v) is 3.65. The van der Waals surface area contributed by atoms with Crippen LogP contribution in [0.2, 0.25) is 0 Å². The van der Waals surface area contributed by atoms with Crippen molar-refractivity contribution in [1.82, 2.24) is 9.55 Å². The molecule has 2 heterocycles. The van der Waals surface area contributed by atoms with Crippen LogP contribution in [-0.2, 0) is 22.7 Å². The monoisotopic (exact) mass is 396 g/mol. The molecule has 0 saturated carbocycles. The quantitative estimate of drug-likeness (QED) is 0.464. The van der Waals surface area contributed by atoms with Crippen molar-refractivity contribution in [3.63, 3.8) is 0 Å². The van der Waals surface area contributed by atoms with Crippen LogP contribution in [0, 0.1) is 0 Å². The highest BCUT2D eigenvalue weighted by molar-refractivity contribution is 7.13. The van der Waals surface area contributed by atoms with E-state index in [0.29, 0.717) is 16.8 Å². The Bertz CT molecular complexity index is 1190. The molecule has 4 aromatic rings. The van der Waals surface area contributed by atoms with Crippen molar-refractivity contribution < 1.29 is 18.7 Å². The number of aromatic nitrogens is 2. The molecule has 142 valence electrons. The second-order valence-electron chi connectivity index (χ2n) is 5.93. The summed E-state index contributed by atoms with van der Waals surface area (Å²) in [5.41, 5.74) is 2.49. The number of esters is 1. The number of para-hydroxylation sites is 3. The summed E-state index contributed by atoms with van der Waals surface area (Å²) in [6.45, 7) is -0.200. The first-order chi connectivity index (χ1) is 13.7. The van der Waals surface area contributed by atoms with E-state index in [1.807, 2.05) is 29.6 Å². The van der Waals surface area contributed by atoms with Crippen LogP contribution < -0.4 is 10.5 Å². The van der Waals surface area contributed by atoms with Crippen molar-refractivity contribution in [2.75, 3.05) is 7.11 Å². The lowest BCUT2D eigenvalue weighted by Gasteiger charge is -2.05. The van der Waals surface area contributed by atoms with Gasteiger partial charge in [-0.3, -0.25) is 9.36 Å². The number of rotatable bonds is 6. The Morgan fingerprint density at radius 3 is 2.82 bits per heavy atom. The maximum Gasteiger partial charge on any atom is 0.420 e. The van der Waals surface area contributed by atoms with Crippen molar-refractivity contribution in [3.8, 4) is 16.3 Å². The van der Waals surface area contributed by atoms with Gasteiger partial charge in [0.1, 0.15) is 23.9 Å².